The van der Waals surface area contributed by atoms with E-state index in [1.54, 1.807) is 20.8 Å². The summed E-state index contributed by atoms with van der Waals surface area (Å²) in [6.07, 6.45) is 0. The van der Waals surface area contributed by atoms with Crippen LogP contribution in [0.3, 0.4) is 0 Å². The van der Waals surface area contributed by atoms with Crippen molar-refractivity contribution in [2.75, 3.05) is 4.72 Å². The molecule has 5 nitrogen and oxygen atoms in total. The van der Waals surface area contributed by atoms with Gasteiger partial charge in [-0.3, -0.25) is 4.72 Å². The molecule has 0 saturated heterocycles. The average molecular weight is 263 g/mol. The Bertz CT molecular complexity index is 496. The SMILES string of the molecule is CC(C)(C)S(=O)(=O)Nc1ccc(C(=O)O)s1. The molecule has 1 heterocycles. The number of sulfonamides is 1. The molecule has 16 heavy (non-hydrogen) atoms. The van der Waals surface area contributed by atoms with E-state index in [2.05, 4.69) is 4.72 Å². The normalized spacial score (nSPS) is 12.4. The lowest BCUT2D eigenvalue weighted by atomic mass is 10.3. The molecule has 0 aliphatic carbocycles. The molecule has 2 N–H and O–H groups in total. The van der Waals surface area contributed by atoms with E-state index >= 15 is 0 Å². The number of hydrogen-bond acceptors (Lipinski definition) is 4. The Morgan fingerprint density at radius 2 is 1.94 bits per heavy atom. The Hall–Kier alpha value is -1.08. The Morgan fingerprint density at radius 1 is 1.38 bits per heavy atom. The van der Waals surface area contributed by atoms with Gasteiger partial charge in [0.05, 0.1) is 4.75 Å². The van der Waals surface area contributed by atoms with Gasteiger partial charge in [0.15, 0.2) is 0 Å². The van der Waals surface area contributed by atoms with Gasteiger partial charge in [0.25, 0.3) is 0 Å². The smallest absolute Gasteiger partial charge is 0.345 e. The van der Waals surface area contributed by atoms with Crippen LogP contribution in [0.4, 0.5) is 5.00 Å². The zero-order chi connectivity index (χ0) is 12.6. The molecule has 1 rings (SSSR count). The van der Waals surface area contributed by atoms with Crippen molar-refractivity contribution < 1.29 is 18.3 Å². The number of aromatic carboxylic acids is 1. The van der Waals surface area contributed by atoms with Gasteiger partial charge in [0.1, 0.15) is 9.88 Å². The Morgan fingerprint density at radius 3 is 2.31 bits per heavy atom. The molecule has 0 bridgehead atoms. The predicted octanol–water partition coefficient (Wildman–Crippen LogP) is 1.99. The topological polar surface area (TPSA) is 83.5 Å². The zero-order valence-corrected chi connectivity index (χ0v) is 10.8. The Labute approximate surface area is 98.2 Å². The summed E-state index contributed by atoms with van der Waals surface area (Å²) < 4.78 is 24.9. The summed E-state index contributed by atoms with van der Waals surface area (Å²) >= 11 is 0.894. The third-order valence-electron chi connectivity index (χ3n) is 1.86. The van der Waals surface area contributed by atoms with Crippen molar-refractivity contribution in [2.45, 2.75) is 25.5 Å². The van der Waals surface area contributed by atoms with E-state index in [1.165, 1.54) is 12.1 Å². The second-order valence-corrected chi connectivity index (χ2v) is 7.71. The van der Waals surface area contributed by atoms with Crippen molar-refractivity contribution in [1.29, 1.82) is 0 Å². The van der Waals surface area contributed by atoms with Gasteiger partial charge < -0.3 is 5.11 Å². The highest BCUT2D eigenvalue weighted by atomic mass is 32.2. The van der Waals surface area contributed by atoms with Crippen LogP contribution in [0, 0.1) is 0 Å². The van der Waals surface area contributed by atoms with E-state index in [9.17, 15) is 13.2 Å². The lowest BCUT2D eigenvalue weighted by Gasteiger charge is -2.19. The third-order valence-corrected chi connectivity index (χ3v) is 5.08. The van der Waals surface area contributed by atoms with Crippen LogP contribution < -0.4 is 4.72 Å². The first-order valence-corrected chi connectivity index (χ1v) is 6.79. The maximum absolute atomic E-state index is 11.7. The first-order chi connectivity index (χ1) is 7.13. The molecule has 1 aromatic heterocycles. The summed E-state index contributed by atoms with van der Waals surface area (Å²) in [6, 6.07) is 2.81. The fourth-order valence-electron chi connectivity index (χ4n) is 0.793. The van der Waals surface area contributed by atoms with Gasteiger partial charge in [-0.2, -0.15) is 0 Å². The highest BCUT2D eigenvalue weighted by Crippen LogP contribution is 2.26. The highest BCUT2D eigenvalue weighted by molar-refractivity contribution is 7.94. The van der Waals surface area contributed by atoms with Crippen LogP contribution in [0.15, 0.2) is 12.1 Å². The first kappa shape index (κ1) is 13.0. The standard InChI is InChI=1S/C9H13NO4S2/c1-9(2,3)16(13,14)10-7-5-4-6(15-7)8(11)12/h4-5,10H,1-3H3,(H,11,12). The lowest BCUT2D eigenvalue weighted by molar-refractivity contribution is 0.0702. The maximum Gasteiger partial charge on any atom is 0.345 e. The molecule has 7 heteroatoms. The number of carboxylic acid groups (broad SMARTS) is 1. The molecule has 0 unspecified atom stereocenters. The minimum atomic E-state index is -3.50. The van der Waals surface area contributed by atoms with Gasteiger partial charge in [-0.1, -0.05) is 0 Å². The summed E-state index contributed by atoms with van der Waals surface area (Å²) in [6.45, 7) is 4.71. The number of carboxylic acids is 1. The van der Waals surface area contributed by atoms with Crippen LogP contribution in [0.25, 0.3) is 0 Å². The van der Waals surface area contributed by atoms with Gasteiger partial charge in [0, 0.05) is 0 Å². The summed E-state index contributed by atoms with van der Waals surface area (Å²) in [5, 5.41) is 9.00. The number of hydrogen-bond donors (Lipinski definition) is 2. The van der Waals surface area contributed by atoms with Crippen LogP contribution in [0.1, 0.15) is 30.4 Å². The molecular weight excluding hydrogens is 250 g/mol. The molecule has 0 saturated carbocycles. The number of rotatable bonds is 3. The third kappa shape index (κ3) is 2.73. The first-order valence-electron chi connectivity index (χ1n) is 4.49. The van der Waals surface area contributed by atoms with E-state index in [4.69, 9.17) is 5.11 Å². The van der Waals surface area contributed by atoms with Crippen LogP contribution in [-0.4, -0.2) is 24.2 Å². The number of thiophene rings is 1. The largest absolute Gasteiger partial charge is 0.477 e. The molecule has 90 valence electrons. The van der Waals surface area contributed by atoms with Gasteiger partial charge >= 0.3 is 5.97 Å². The molecule has 0 fully saturated rings. The number of nitrogens with one attached hydrogen (secondary N) is 1. The van der Waals surface area contributed by atoms with E-state index in [0.717, 1.165) is 11.3 Å². The summed E-state index contributed by atoms with van der Waals surface area (Å²) in [5.41, 5.74) is 0. The molecule has 0 radical (unpaired) electrons. The van der Waals surface area contributed by atoms with Crippen molar-refractivity contribution in [1.82, 2.24) is 0 Å². The van der Waals surface area contributed by atoms with Crippen LogP contribution in [0.2, 0.25) is 0 Å². The van der Waals surface area contributed by atoms with Gasteiger partial charge in [0.2, 0.25) is 10.0 Å². The molecule has 0 amide bonds. The highest BCUT2D eigenvalue weighted by Gasteiger charge is 2.29. The molecule has 0 aliphatic heterocycles. The van der Waals surface area contributed by atoms with E-state index in [0.29, 0.717) is 5.00 Å². The van der Waals surface area contributed by atoms with Crippen molar-refractivity contribution in [3.05, 3.63) is 17.0 Å². The quantitative estimate of drug-likeness (QED) is 0.873. The fourth-order valence-corrected chi connectivity index (χ4v) is 2.52. The van der Waals surface area contributed by atoms with Crippen LogP contribution >= 0.6 is 11.3 Å². The second kappa shape index (κ2) is 4.06. The molecule has 0 spiro atoms. The summed E-state index contributed by atoms with van der Waals surface area (Å²) in [7, 11) is -3.50. The van der Waals surface area contributed by atoms with E-state index < -0.39 is 20.7 Å². The zero-order valence-electron chi connectivity index (χ0n) is 9.14. The molecular formula is C9H13NO4S2. The predicted molar refractivity (Wildman–Crippen MR) is 63.6 cm³/mol. The average Bonchev–Trinajstić information content (AvgIpc) is 2.49. The Balaban J connectivity index is 2.94. The molecule has 0 atom stereocenters. The number of anilines is 1. The summed E-state index contributed by atoms with van der Waals surface area (Å²) in [5.74, 6) is -1.06. The van der Waals surface area contributed by atoms with Crippen LogP contribution in [0.5, 0.6) is 0 Å². The van der Waals surface area contributed by atoms with Crippen molar-refractivity contribution in [2.24, 2.45) is 0 Å². The van der Waals surface area contributed by atoms with Crippen molar-refractivity contribution in [3.63, 3.8) is 0 Å². The second-order valence-electron chi connectivity index (χ2n) is 4.19. The molecule has 0 aromatic carbocycles. The fraction of sp³-hybridized carbons (Fsp3) is 0.444. The van der Waals surface area contributed by atoms with Gasteiger partial charge in [-0.15, -0.1) is 11.3 Å². The molecule has 1 aromatic rings. The minimum absolute atomic E-state index is 0.103. The van der Waals surface area contributed by atoms with Gasteiger partial charge in [-0.05, 0) is 32.9 Å². The van der Waals surface area contributed by atoms with E-state index in [-0.39, 0.29) is 4.88 Å². The van der Waals surface area contributed by atoms with Gasteiger partial charge in [-0.25, -0.2) is 13.2 Å². The van der Waals surface area contributed by atoms with Crippen LogP contribution in [-0.2, 0) is 10.0 Å². The minimum Gasteiger partial charge on any atom is -0.477 e. The number of carbonyl (C=O) groups is 1. The maximum atomic E-state index is 11.7. The van der Waals surface area contributed by atoms with Crippen molar-refractivity contribution in [3.8, 4) is 0 Å². The summed E-state index contributed by atoms with van der Waals surface area (Å²) in [4.78, 5) is 10.7. The lowest BCUT2D eigenvalue weighted by Crippen LogP contribution is -2.33. The van der Waals surface area contributed by atoms with E-state index in [1.807, 2.05) is 0 Å². The van der Waals surface area contributed by atoms with Crippen molar-refractivity contribution >= 4 is 32.3 Å². The Kier molecular flexibility index (Phi) is 3.30. The monoisotopic (exact) mass is 263 g/mol. The molecule has 0 aliphatic rings.